The van der Waals surface area contributed by atoms with Gasteiger partial charge in [0.2, 0.25) is 0 Å². The van der Waals surface area contributed by atoms with E-state index in [1.54, 1.807) is 6.07 Å². The van der Waals surface area contributed by atoms with Gasteiger partial charge in [0.05, 0.1) is 15.8 Å². The molecule has 7 heteroatoms. The number of allylic oxidation sites excluding steroid dienone is 3. The molecule has 1 aromatic rings. The Bertz CT molecular complexity index is 624. The van der Waals surface area contributed by atoms with Crippen molar-refractivity contribution < 1.29 is 13.2 Å². The fraction of sp³-hybridized carbons (Fsp3) is 0.0833. The summed E-state index contributed by atoms with van der Waals surface area (Å²) in [4.78, 5) is 0. The van der Waals surface area contributed by atoms with Crippen molar-refractivity contribution in [2.24, 2.45) is 0 Å². The van der Waals surface area contributed by atoms with Crippen LogP contribution in [0.4, 0.5) is 13.2 Å². The van der Waals surface area contributed by atoms with Gasteiger partial charge in [-0.05, 0) is 28.1 Å². The molecule has 1 aliphatic rings. The third-order valence-corrected chi connectivity index (χ3v) is 3.41. The molecule has 0 N–H and O–H groups in total. The lowest BCUT2D eigenvalue weighted by Gasteiger charge is -2.09. The fourth-order valence-electron chi connectivity index (χ4n) is 1.55. The van der Waals surface area contributed by atoms with Crippen LogP contribution in [0.5, 0.6) is 0 Å². The molecule has 0 saturated carbocycles. The fourth-order valence-corrected chi connectivity index (χ4v) is 2.26. The summed E-state index contributed by atoms with van der Waals surface area (Å²) in [6.45, 7) is 0. The van der Waals surface area contributed by atoms with Crippen molar-refractivity contribution in [2.75, 3.05) is 0 Å². The van der Waals surface area contributed by atoms with Gasteiger partial charge in [-0.3, -0.25) is 0 Å². The molecule has 2 rings (SSSR count). The summed E-state index contributed by atoms with van der Waals surface area (Å²) in [6, 6.07) is 7.79. The van der Waals surface area contributed by atoms with Gasteiger partial charge in [-0.1, -0.05) is 23.7 Å². The predicted octanol–water partition coefficient (Wildman–Crippen LogP) is 4.36. The zero-order valence-electron chi connectivity index (χ0n) is 9.09. The molecule has 0 bridgehead atoms. The van der Waals surface area contributed by atoms with Crippen LogP contribution in [0.1, 0.15) is 5.56 Å². The first-order valence-corrected chi connectivity index (χ1v) is 6.11. The minimum Gasteiger partial charge on any atom is -0.241 e. The SMILES string of the molecule is N#CC1=C(c2ccc(Cl)cc2)[N]C(C(F)(F)F)=C1Br. The first-order chi connectivity index (χ1) is 8.84. The number of benzene rings is 1. The van der Waals surface area contributed by atoms with E-state index in [1.807, 2.05) is 0 Å². The summed E-state index contributed by atoms with van der Waals surface area (Å²) in [5, 5.41) is 12.9. The average Bonchev–Trinajstić information content (AvgIpc) is 2.67. The van der Waals surface area contributed by atoms with Gasteiger partial charge in [-0.2, -0.15) is 18.4 Å². The zero-order chi connectivity index (χ0) is 14.2. The normalized spacial score (nSPS) is 15.6. The lowest BCUT2D eigenvalue weighted by atomic mass is 10.1. The summed E-state index contributed by atoms with van der Waals surface area (Å²) in [7, 11) is 0. The molecule has 1 aliphatic heterocycles. The Labute approximate surface area is 120 Å². The molecule has 1 radical (unpaired) electrons. The molecule has 0 aromatic heterocycles. The van der Waals surface area contributed by atoms with Gasteiger partial charge in [0.25, 0.3) is 0 Å². The molecule has 0 aliphatic carbocycles. The molecule has 0 atom stereocenters. The molecule has 97 valence electrons. The maximum absolute atomic E-state index is 12.7. The first-order valence-electron chi connectivity index (χ1n) is 4.94. The second-order valence-corrected chi connectivity index (χ2v) is 4.84. The topological polar surface area (TPSA) is 37.9 Å². The van der Waals surface area contributed by atoms with Gasteiger partial charge < -0.3 is 0 Å². The van der Waals surface area contributed by atoms with Gasteiger partial charge >= 0.3 is 6.18 Å². The quantitative estimate of drug-likeness (QED) is 0.743. The highest BCUT2D eigenvalue weighted by Gasteiger charge is 2.43. The lowest BCUT2D eigenvalue weighted by Crippen LogP contribution is -2.18. The van der Waals surface area contributed by atoms with E-state index in [1.165, 1.54) is 24.3 Å². The highest BCUT2D eigenvalue weighted by Crippen LogP contribution is 2.42. The number of halogens is 5. The molecular weight excluding hydrogens is 344 g/mol. The van der Waals surface area contributed by atoms with Crippen LogP contribution < -0.4 is 5.32 Å². The molecule has 19 heavy (non-hydrogen) atoms. The Morgan fingerprint density at radius 3 is 2.26 bits per heavy atom. The van der Waals surface area contributed by atoms with Crippen molar-refractivity contribution in [1.82, 2.24) is 5.32 Å². The number of hydrogen-bond acceptors (Lipinski definition) is 1. The molecule has 0 unspecified atom stereocenters. The van der Waals surface area contributed by atoms with Crippen molar-refractivity contribution in [3.05, 3.63) is 50.6 Å². The van der Waals surface area contributed by atoms with Crippen LogP contribution in [0, 0.1) is 11.3 Å². The maximum atomic E-state index is 12.7. The second-order valence-electron chi connectivity index (χ2n) is 3.61. The molecule has 0 fully saturated rings. The van der Waals surface area contributed by atoms with Crippen LogP contribution in [0.25, 0.3) is 5.70 Å². The number of nitrogens with zero attached hydrogens (tertiary/aromatic N) is 2. The van der Waals surface area contributed by atoms with Crippen molar-refractivity contribution in [2.45, 2.75) is 6.18 Å². The smallest absolute Gasteiger partial charge is 0.241 e. The van der Waals surface area contributed by atoms with E-state index in [9.17, 15) is 13.2 Å². The van der Waals surface area contributed by atoms with Crippen LogP contribution in [0.2, 0.25) is 5.02 Å². The van der Waals surface area contributed by atoms with E-state index >= 15 is 0 Å². The summed E-state index contributed by atoms with van der Waals surface area (Å²) in [6.07, 6.45) is -4.62. The van der Waals surface area contributed by atoms with Crippen molar-refractivity contribution in [3.63, 3.8) is 0 Å². The monoisotopic (exact) mass is 347 g/mol. The number of nitriles is 1. The van der Waals surface area contributed by atoms with Crippen molar-refractivity contribution in [1.29, 1.82) is 5.26 Å². The van der Waals surface area contributed by atoms with E-state index in [4.69, 9.17) is 16.9 Å². The highest BCUT2D eigenvalue weighted by atomic mass is 79.9. The Morgan fingerprint density at radius 1 is 1.21 bits per heavy atom. The van der Waals surface area contributed by atoms with E-state index in [-0.39, 0.29) is 15.8 Å². The molecule has 0 amide bonds. The Hall–Kier alpha value is -1.45. The second kappa shape index (κ2) is 4.91. The average molecular weight is 349 g/mol. The molecular formula is C12H4BrClF3N2. The van der Waals surface area contributed by atoms with Gasteiger partial charge in [-0.15, -0.1) is 0 Å². The van der Waals surface area contributed by atoms with Crippen LogP contribution in [-0.4, -0.2) is 6.18 Å². The van der Waals surface area contributed by atoms with Crippen molar-refractivity contribution in [3.8, 4) is 6.07 Å². The minimum atomic E-state index is -4.62. The van der Waals surface area contributed by atoms with E-state index in [2.05, 4.69) is 21.2 Å². The van der Waals surface area contributed by atoms with Crippen molar-refractivity contribution >= 4 is 33.2 Å². The van der Waals surface area contributed by atoms with Crippen LogP contribution in [0.3, 0.4) is 0 Å². The maximum Gasteiger partial charge on any atom is 0.434 e. The molecule has 1 heterocycles. The summed E-state index contributed by atoms with van der Waals surface area (Å²) < 4.78 is 37.9. The van der Waals surface area contributed by atoms with E-state index in [0.717, 1.165) is 0 Å². The predicted molar refractivity (Wildman–Crippen MR) is 68.1 cm³/mol. The summed E-state index contributed by atoms with van der Waals surface area (Å²) in [5.74, 6) is 0. The van der Waals surface area contributed by atoms with E-state index in [0.29, 0.717) is 10.6 Å². The van der Waals surface area contributed by atoms with E-state index < -0.39 is 11.9 Å². The molecule has 2 nitrogen and oxygen atoms in total. The standard InChI is InChI=1S/C12H4BrClF3N2/c13-9-8(5-18)10(19-11(9)12(15,16)17)6-1-3-7(14)4-2-6/h1-4H. The van der Waals surface area contributed by atoms with Crippen LogP contribution >= 0.6 is 27.5 Å². The molecule has 0 saturated heterocycles. The zero-order valence-corrected chi connectivity index (χ0v) is 11.4. The Kier molecular flexibility index (Phi) is 3.61. The van der Waals surface area contributed by atoms with Gasteiger partial charge in [0, 0.05) is 10.6 Å². The first kappa shape index (κ1) is 14.0. The third-order valence-electron chi connectivity index (χ3n) is 2.39. The lowest BCUT2D eigenvalue weighted by molar-refractivity contribution is -0.0952. The Morgan fingerprint density at radius 2 is 1.79 bits per heavy atom. The summed E-state index contributed by atoms with van der Waals surface area (Å²) >= 11 is 8.49. The van der Waals surface area contributed by atoms with Crippen LogP contribution in [-0.2, 0) is 0 Å². The number of alkyl halides is 3. The molecule has 0 spiro atoms. The largest absolute Gasteiger partial charge is 0.434 e. The molecule has 1 aromatic carbocycles. The van der Waals surface area contributed by atoms with Crippen LogP contribution in [0.15, 0.2) is 40.0 Å². The van der Waals surface area contributed by atoms with Gasteiger partial charge in [0.1, 0.15) is 6.07 Å². The summed E-state index contributed by atoms with van der Waals surface area (Å²) in [5.41, 5.74) is -0.862. The third kappa shape index (κ3) is 2.62. The highest BCUT2D eigenvalue weighted by molar-refractivity contribution is 9.12. The number of rotatable bonds is 1. The minimum absolute atomic E-state index is 0.0154. The van der Waals surface area contributed by atoms with Gasteiger partial charge in [0.15, 0.2) is 5.70 Å². The Balaban J connectivity index is 2.48. The number of hydrogen-bond donors (Lipinski definition) is 0. The van der Waals surface area contributed by atoms with Gasteiger partial charge in [-0.25, -0.2) is 5.32 Å².